The van der Waals surface area contributed by atoms with Crippen LogP contribution in [0.3, 0.4) is 0 Å². The number of hydrogen-bond donors (Lipinski definition) is 4. The fraction of sp³-hybridized carbons (Fsp3) is 0.951. The Morgan fingerprint density at radius 3 is 1.16 bits per heavy atom. The first-order valence-corrected chi connectivity index (χ1v) is 30.8. The molecular weight excluding hydrogens is 877 g/mol. The summed E-state index contributed by atoms with van der Waals surface area (Å²) < 4.78 is 23.0. The number of aliphatic hydroxyl groups excluding tert-OH is 4. The van der Waals surface area contributed by atoms with Gasteiger partial charge in [0, 0.05) is 13.0 Å². The van der Waals surface area contributed by atoms with Gasteiger partial charge in [0.1, 0.15) is 30.5 Å². The maximum Gasteiger partial charge on any atom is 0.306 e. The third kappa shape index (κ3) is 42.3. The summed E-state index contributed by atoms with van der Waals surface area (Å²) in [6, 6.07) is 0. The molecule has 4 N–H and O–H groups in total. The largest absolute Gasteiger partial charge is 0.457 e. The van der Waals surface area contributed by atoms with Crippen molar-refractivity contribution in [3.05, 3.63) is 12.2 Å². The SMILES string of the molecule is CCCCCCCCCC/C=C\CCCCCCCCCCCC(=O)OC(COCCCCCCCCCCCCCCCCCCCCCCCCCCCC)COC1OC(CO)C(O)C(O)C1O. The van der Waals surface area contributed by atoms with Gasteiger partial charge >= 0.3 is 5.97 Å². The highest BCUT2D eigenvalue weighted by molar-refractivity contribution is 5.69. The Labute approximate surface area is 433 Å². The second-order valence-electron chi connectivity index (χ2n) is 21.5. The average molecular weight is 996 g/mol. The highest BCUT2D eigenvalue weighted by Gasteiger charge is 2.44. The fourth-order valence-corrected chi connectivity index (χ4v) is 9.90. The zero-order chi connectivity index (χ0) is 50.6. The van der Waals surface area contributed by atoms with Crippen LogP contribution in [-0.4, -0.2) is 89.6 Å². The Balaban J connectivity index is 2.10. The lowest BCUT2D eigenvalue weighted by atomic mass is 9.99. The number of esters is 1. The van der Waals surface area contributed by atoms with Crippen LogP contribution in [0, 0.1) is 0 Å². The lowest BCUT2D eigenvalue weighted by Crippen LogP contribution is -2.59. The Kier molecular flexibility index (Phi) is 50.5. The summed E-state index contributed by atoms with van der Waals surface area (Å²) in [6.45, 7) is 4.64. The first-order chi connectivity index (χ1) is 34.4. The molecule has 6 atom stereocenters. The van der Waals surface area contributed by atoms with Gasteiger partial charge in [0.2, 0.25) is 0 Å². The van der Waals surface area contributed by atoms with Gasteiger partial charge in [0.05, 0.1) is 19.8 Å². The van der Waals surface area contributed by atoms with Gasteiger partial charge in [-0.3, -0.25) is 4.79 Å². The van der Waals surface area contributed by atoms with E-state index in [9.17, 15) is 25.2 Å². The smallest absolute Gasteiger partial charge is 0.306 e. The molecule has 70 heavy (non-hydrogen) atoms. The van der Waals surface area contributed by atoms with Gasteiger partial charge in [-0.05, 0) is 38.5 Å². The predicted molar refractivity (Wildman–Crippen MR) is 293 cm³/mol. The van der Waals surface area contributed by atoms with Crippen molar-refractivity contribution >= 4 is 5.97 Å². The maximum absolute atomic E-state index is 12.9. The monoisotopic (exact) mass is 995 g/mol. The van der Waals surface area contributed by atoms with Gasteiger partial charge in [-0.25, -0.2) is 0 Å². The van der Waals surface area contributed by atoms with Crippen molar-refractivity contribution in [3.8, 4) is 0 Å². The molecule has 1 rings (SSSR count). The van der Waals surface area contributed by atoms with E-state index in [1.807, 2.05) is 0 Å². The van der Waals surface area contributed by atoms with Crippen LogP contribution in [0.15, 0.2) is 12.2 Å². The molecule has 9 nitrogen and oxygen atoms in total. The van der Waals surface area contributed by atoms with E-state index in [1.54, 1.807) is 0 Å². The third-order valence-electron chi connectivity index (χ3n) is 14.7. The van der Waals surface area contributed by atoms with Gasteiger partial charge in [-0.15, -0.1) is 0 Å². The van der Waals surface area contributed by atoms with E-state index in [0.29, 0.717) is 13.0 Å². The van der Waals surface area contributed by atoms with Gasteiger partial charge in [-0.2, -0.15) is 0 Å². The van der Waals surface area contributed by atoms with E-state index in [-0.39, 0.29) is 19.2 Å². The Hall–Kier alpha value is -1.07. The quantitative estimate of drug-likeness (QED) is 0.0267. The molecular formula is C61H118O9. The zero-order valence-electron chi connectivity index (χ0n) is 46.3. The van der Waals surface area contributed by atoms with Crippen molar-refractivity contribution in [2.75, 3.05) is 26.4 Å². The Morgan fingerprint density at radius 1 is 0.443 bits per heavy atom. The minimum Gasteiger partial charge on any atom is -0.457 e. The van der Waals surface area contributed by atoms with E-state index in [4.69, 9.17) is 18.9 Å². The molecule has 0 radical (unpaired) electrons. The molecule has 0 aromatic heterocycles. The van der Waals surface area contributed by atoms with Crippen LogP contribution in [-0.2, 0) is 23.7 Å². The molecule has 1 aliphatic rings. The lowest BCUT2D eigenvalue weighted by Gasteiger charge is -2.39. The minimum absolute atomic E-state index is 0.108. The lowest BCUT2D eigenvalue weighted by molar-refractivity contribution is -0.305. The van der Waals surface area contributed by atoms with Crippen LogP contribution in [0.5, 0.6) is 0 Å². The van der Waals surface area contributed by atoms with E-state index in [0.717, 1.165) is 32.1 Å². The number of unbranched alkanes of at least 4 members (excludes halogenated alkanes) is 42. The molecule has 416 valence electrons. The number of rotatable bonds is 55. The molecule has 0 aromatic rings. The van der Waals surface area contributed by atoms with Crippen molar-refractivity contribution in [3.63, 3.8) is 0 Å². The normalized spacial score (nSPS) is 18.9. The topological polar surface area (TPSA) is 135 Å². The zero-order valence-corrected chi connectivity index (χ0v) is 46.3. The summed E-state index contributed by atoms with van der Waals surface area (Å²) in [5.41, 5.74) is 0. The molecule has 0 aromatic carbocycles. The van der Waals surface area contributed by atoms with E-state index < -0.39 is 43.4 Å². The summed E-state index contributed by atoms with van der Waals surface area (Å²) in [7, 11) is 0. The molecule has 0 amide bonds. The summed E-state index contributed by atoms with van der Waals surface area (Å²) in [5, 5.41) is 40.4. The molecule has 0 bridgehead atoms. The minimum atomic E-state index is -1.53. The number of aliphatic hydroxyl groups is 4. The summed E-state index contributed by atoms with van der Waals surface area (Å²) >= 11 is 0. The highest BCUT2D eigenvalue weighted by atomic mass is 16.7. The first-order valence-electron chi connectivity index (χ1n) is 30.8. The summed E-state index contributed by atoms with van der Waals surface area (Å²) in [6.07, 6.45) is 57.0. The maximum atomic E-state index is 12.9. The van der Waals surface area contributed by atoms with Crippen molar-refractivity contribution < 1.29 is 44.2 Å². The van der Waals surface area contributed by atoms with Crippen LogP contribution in [0.4, 0.5) is 0 Å². The highest BCUT2D eigenvalue weighted by Crippen LogP contribution is 2.23. The molecule has 6 unspecified atom stereocenters. The summed E-state index contributed by atoms with van der Waals surface area (Å²) in [4.78, 5) is 12.9. The van der Waals surface area contributed by atoms with Gasteiger partial charge in [-0.1, -0.05) is 276 Å². The molecule has 0 saturated carbocycles. The summed E-state index contributed by atoms with van der Waals surface area (Å²) in [5.74, 6) is -0.307. The fourth-order valence-electron chi connectivity index (χ4n) is 9.90. The number of carbonyl (C=O) groups is 1. The molecule has 1 fully saturated rings. The van der Waals surface area contributed by atoms with Crippen LogP contribution in [0.25, 0.3) is 0 Å². The van der Waals surface area contributed by atoms with Gasteiger partial charge in [0.15, 0.2) is 6.29 Å². The molecule has 0 aliphatic carbocycles. The standard InChI is InChI=1S/C61H118O9/c1-3-5-7-9-11-13-15-17-19-21-23-25-26-27-28-29-31-33-35-37-39-41-43-45-47-49-51-67-53-55(54-68-61-60(66)59(65)58(64)56(52-62)70-61)69-57(63)50-48-46-44-42-40-38-36-34-32-30-24-22-20-18-16-14-12-10-8-6-4-2/h22,24,55-56,58-62,64-66H,3-21,23,25-54H2,1-2H3/b24-22-. The van der Waals surface area contributed by atoms with Gasteiger partial charge in [0.25, 0.3) is 0 Å². The number of ether oxygens (including phenoxy) is 4. The van der Waals surface area contributed by atoms with Crippen molar-refractivity contribution in [1.29, 1.82) is 0 Å². The molecule has 1 aliphatic heterocycles. The number of hydrogen-bond acceptors (Lipinski definition) is 9. The average Bonchev–Trinajstić information content (AvgIpc) is 3.36. The van der Waals surface area contributed by atoms with E-state index >= 15 is 0 Å². The van der Waals surface area contributed by atoms with E-state index in [1.165, 1.54) is 257 Å². The molecule has 1 saturated heterocycles. The predicted octanol–water partition coefficient (Wildman–Crippen LogP) is 16.3. The van der Waals surface area contributed by atoms with Gasteiger partial charge < -0.3 is 39.4 Å². The molecule has 1 heterocycles. The Morgan fingerprint density at radius 2 is 0.786 bits per heavy atom. The van der Waals surface area contributed by atoms with Crippen molar-refractivity contribution in [2.45, 2.75) is 346 Å². The van der Waals surface area contributed by atoms with Crippen LogP contribution < -0.4 is 0 Å². The first kappa shape index (κ1) is 66.9. The molecule has 0 spiro atoms. The molecule has 9 heteroatoms. The Bertz CT molecular complexity index is 1090. The van der Waals surface area contributed by atoms with Crippen molar-refractivity contribution in [1.82, 2.24) is 0 Å². The second-order valence-corrected chi connectivity index (χ2v) is 21.5. The third-order valence-corrected chi connectivity index (χ3v) is 14.7. The number of allylic oxidation sites excluding steroid dienone is 2. The van der Waals surface area contributed by atoms with Crippen LogP contribution in [0.1, 0.15) is 309 Å². The number of carbonyl (C=O) groups excluding carboxylic acids is 1. The second kappa shape index (κ2) is 52.8. The van der Waals surface area contributed by atoms with E-state index in [2.05, 4.69) is 26.0 Å². The van der Waals surface area contributed by atoms with Crippen LogP contribution in [0.2, 0.25) is 0 Å². The van der Waals surface area contributed by atoms with Crippen LogP contribution >= 0.6 is 0 Å². The van der Waals surface area contributed by atoms with Crippen molar-refractivity contribution in [2.24, 2.45) is 0 Å².